The summed E-state index contributed by atoms with van der Waals surface area (Å²) in [7, 11) is -0.661. The molecular formula is C17H17Cl2F3N2O3S. The summed E-state index contributed by atoms with van der Waals surface area (Å²) in [6.07, 6.45) is -4.93. The zero-order valence-electron chi connectivity index (χ0n) is 14.8. The lowest BCUT2D eigenvalue weighted by Crippen LogP contribution is -2.35. The van der Waals surface area contributed by atoms with Crippen LogP contribution in [0.25, 0.3) is 0 Å². The molecule has 2 rings (SSSR count). The lowest BCUT2D eigenvalue weighted by molar-refractivity contribution is -0.274. The predicted octanol–water partition coefficient (Wildman–Crippen LogP) is 4.47. The second-order valence-electron chi connectivity index (χ2n) is 6.13. The summed E-state index contributed by atoms with van der Waals surface area (Å²) in [5.74, 6) is -0.630. The number of hydrogen-bond donors (Lipinski definition) is 1. The van der Waals surface area contributed by atoms with E-state index in [9.17, 15) is 21.6 Å². The monoisotopic (exact) mass is 456 g/mol. The molecule has 0 aromatic heterocycles. The first-order chi connectivity index (χ1) is 12.9. The van der Waals surface area contributed by atoms with Crippen LogP contribution in [0.5, 0.6) is 5.75 Å². The summed E-state index contributed by atoms with van der Waals surface area (Å²) in [6.45, 7) is 0.274. The summed E-state index contributed by atoms with van der Waals surface area (Å²) in [6, 6.07) is 8.12. The SMILES string of the molecule is CN(C)CC(NS(=O)(=O)c1cccc(OC(F)(F)F)c1)c1ccc(Cl)c(Cl)c1. The molecule has 1 N–H and O–H groups in total. The Balaban J connectivity index is 2.34. The van der Waals surface area contributed by atoms with Gasteiger partial charge in [0, 0.05) is 12.6 Å². The number of rotatable bonds is 7. The Kier molecular flexibility index (Phi) is 7.22. The topological polar surface area (TPSA) is 58.6 Å². The van der Waals surface area contributed by atoms with E-state index in [2.05, 4.69) is 9.46 Å². The average molecular weight is 457 g/mol. The third-order valence-electron chi connectivity index (χ3n) is 3.54. The quantitative estimate of drug-likeness (QED) is 0.667. The fourth-order valence-corrected chi connectivity index (χ4v) is 3.96. The molecule has 0 spiro atoms. The summed E-state index contributed by atoms with van der Waals surface area (Å²) in [5.41, 5.74) is 0.550. The normalized spacial score (nSPS) is 13.6. The third-order valence-corrected chi connectivity index (χ3v) is 5.75. The van der Waals surface area contributed by atoms with E-state index in [0.717, 1.165) is 18.2 Å². The first-order valence-electron chi connectivity index (χ1n) is 7.85. The molecule has 0 bridgehead atoms. The highest BCUT2D eigenvalue weighted by Gasteiger charge is 2.32. The van der Waals surface area contributed by atoms with Crippen molar-refractivity contribution < 1.29 is 26.3 Å². The lowest BCUT2D eigenvalue weighted by atomic mass is 10.1. The maximum absolute atomic E-state index is 12.7. The molecule has 0 radical (unpaired) electrons. The fraction of sp³-hybridized carbons (Fsp3) is 0.294. The van der Waals surface area contributed by atoms with Gasteiger partial charge < -0.3 is 9.64 Å². The molecular weight excluding hydrogens is 440 g/mol. The molecule has 0 fully saturated rings. The molecule has 11 heteroatoms. The highest BCUT2D eigenvalue weighted by Crippen LogP contribution is 2.28. The molecule has 0 saturated heterocycles. The second-order valence-corrected chi connectivity index (χ2v) is 8.66. The number of sulfonamides is 1. The fourth-order valence-electron chi connectivity index (χ4n) is 2.40. The van der Waals surface area contributed by atoms with Crippen molar-refractivity contribution in [1.82, 2.24) is 9.62 Å². The molecule has 0 heterocycles. The van der Waals surface area contributed by atoms with E-state index in [-0.39, 0.29) is 16.5 Å². The van der Waals surface area contributed by atoms with E-state index < -0.39 is 28.2 Å². The number of ether oxygens (including phenoxy) is 1. The van der Waals surface area contributed by atoms with Crippen LogP contribution in [0.15, 0.2) is 47.4 Å². The number of hydrogen-bond acceptors (Lipinski definition) is 4. The van der Waals surface area contributed by atoms with Crippen molar-refractivity contribution in [2.24, 2.45) is 0 Å². The number of nitrogens with zero attached hydrogens (tertiary/aromatic N) is 1. The zero-order chi connectivity index (χ0) is 21.1. The van der Waals surface area contributed by atoms with E-state index in [4.69, 9.17) is 23.2 Å². The number of nitrogens with one attached hydrogen (secondary N) is 1. The predicted molar refractivity (Wildman–Crippen MR) is 101 cm³/mol. The van der Waals surface area contributed by atoms with Crippen molar-refractivity contribution in [2.45, 2.75) is 17.3 Å². The van der Waals surface area contributed by atoms with E-state index in [0.29, 0.717) is 10.6 Å². The van der Waals surface area contributed by atoms with Crippen LogP contribution >= 0.6 is 23.2 Å². The molecule has 2 aromatic carbocycles. The van der Waals surface area contributed by atoms with Crippen LogP contribution in [0.2, 0.25) is 10.0 Å². The highest BCUT2D eigenvalue weighted by atomic mass is 35.5. The molecule has 0 saturated carbocycles. The van der Waals surface area contributed by atoms with Crippen LogP contribution in [-0.2, 0) is 10.0 Å². The number of likely N-dealkylation sites (N-methyl/N-ethyl adjacent to an activating group) is 1. The Morgan fingerprint density at radius 3 is 2.36 bits per heavy atom. The molecule has 5 nitrogen and oxygen atoms in total. The standard InChI is InChI=1S/C17H17Cl2F3N2O3S/c1-24(2)10-16(11-6-7-14(18)15(19)8-11)23-28(25,26)13-5-3-4-12(9-13)27-17(20,21)22/h3-9,16,23H,10H2,1-2H3. The van der Waals surface area contributed by atoms with Gasteiger partial charge in [-0.2, -0.15) is 0 Å². The Hall–Kier alpha value is -1.52. The first-order valence-corrected chi connectivity index (χ1v) is 10.1. The molecule has 28 heavy (non-hydrogen) atoms. The molecule has 0 aliphatic carbocycles. The number of halogens is 5. The molecule has 0 amide bonds. The number of benzene rings is 2. The van der Waals surface area contributed by atoms with Crippen molar-refractivity contribution in [3.8, 4) is 5.75 Å². The molecule has 0 aliphatic heterocycles. The third kappa shape index (κ3) is 6.52. The maximum atomic E-state index is 12.7. The summed E-state index contributed by atoms with van der Waals surface area (Å²) >= 11 is 11.9. The van der Waals surface area contributed by atoms with Gasteiger partial charge in [0.15, 0.2) is 0 Å². The molecule has 154 valence electrons. The second kappa shape index (κ2) is 8.87. The molecule has 0 aliphatic rings. The zero-order valence-corrected chi connectivity index (χ0v) is 17.1. The van der Waals surface area contributed by atoms with E-state index in [1.54, 1.807) is 25.1 Å². The van der Waals surface area contributed by atoms with Gasteiger partial charge in [-0.05, 0) is 43.9 Å². The van der Waals surface area contributed by atoms with Gasteiger partial charge in [0.05, 0.1) is 21.0 Å². The van der Waals surface area contributed by atoms with Gasteiger partial charge in [0.2, 0.25) is 10.0 Å². The largest absolute Gasteiger partial charge is 0.573 e. The van der Waals surface area contributed by atoms with Crippen molar-refractivity contribution in [2.75, 3.05) is 20.6 Å². The van der Waals surface area contributed by atoms with Crippen LogP contribution in [0.4, 0.5) is 13.2 Å². The van der Waals surface area contributed by atoms with Crippen molar-refractivity contribution in [3.05, 3.63) is 58.1 Å². The molecule has 1 atom stereocenters. The van der Waals surface area contributed by atoms with Crippen molar-refractivity contribution in [1.29, 1.82) is 0 Å². The lowest BCUT2D eigenvalue weighted by Gasteiger charge is -2.23. The summed E-state index contributed by atoms with van der Waals surface area (Å²) in [4.78, 5) is 1.39. The maximum Gasteiger partial charge on any atom is 0.573 e. The Morgan fingerprint density at radius 1 is 1.11 bits per heavy atom. The minimum Gasteiger partial charge on any atom is -0.406 e. The van der Waals surface area contributed by atoms with Gasteiger partial charge in [-0.1, -0.05) is 35.3 Å². The van der Waals surface area contributed by atoms with Gasteiger partial charge >= 0.3 is 6.36 Å². The van der Waals surface area contributed by atoms with Gasteiger partial charge in [0.1, 0.15) is 5.75 Å². The number of alkyl halides is 3. The summed E-state index contributed by atoms with van der Waals surface area (Å²) < 4.78 is 69.0. The van der Waals surface area contributed by atoms with Crippen LogP contribution in [-0.4, -0.2) is 40.3 Å². The van der Waals surface area contributed by atoms with E-state index >= 15 is 0 Å². The van der Waals surface area contributed by atoms with Crippen LogP contribution in [0.3, 0.4) is 0 Å². The molecule has 2 aromatic rings. The Labute approximate surface area is 171 Å². The van der Waals surface area contributed by atoms with E-state index in [1.807, 2.05) is 0 Å². The Bertz CT molecular complexity index is 937. The first kappa shape index (κ1) is 22.8. The summed E-state index contributed by atoms with van der Waals surface area (Å²) in [5, 5.41) is 0.566. The van der Waals surface area contributed by atoms with Gasteiger partial charge in [-0.15, -0.1) is 13.2 Å². The highest BCUT2D eigenvalue weighted by molar-refractivity contribution is 7.89. The van der Waals surface area contributed by atoms with Crippen molar-refractivity contribution in [3.63, 3.8) is 0 Å². The van der Waals surface area contributed by atoms with Crippen LogP contribution in [0, 0.1) is 0 Å². The smallest absolute Gasteiger partial charge is 0.406 e. The van der Waals surface area contributed by atoms with Crippen LogP contribution in [0.1, 0.15) is 11.6 Å². The average Bonchev–Trinajstić information content (AvgIpc) is 2.55. The van der Waals surface area contributed by atoms with Crippen LogP contribution < -0.4 is 9.46 Å². The van der Waals surface area contributed by atoms with Crippen molar-refractivity contribution >= 4 is 33.2 Å². The van der Waals surface area contributed by atoms with E-state index in [1.165, 1.54) is 18.2 Å². The minimum atomic E-state index is -4.93. The van der Waals surface area contributed by atoms with Gasteiger partial charge in [0.25, 0.3) is 0 Å². The van der Waals surface area contributed by atoms with Gasteiger partial charge in [-0.3, -0.25) is 0 Å². The molecule has 1 unspecified atom stereocenters. The Morgan fingerprint density at radius 2 is 1.79 bits per heavy atom. The minimum absolute atomic E-state index is 0.252. The van der Waals surface area contributed by atoms with Gasteiger partial charge in [-0.25, -0.2) is 13.1 Å².